The van der Waals surface area contributed by atoms with Crippen LogP contribution in [-0.2, 0) is 12.8 Å². The van der Waals surface area contributed by atoms with E-state index in [0.29, 0.717) is 0 Å². The molecular weight excluding hydrogens is 787 g/mol. The van der Waals surface area contributed by atoms with Crippen molar-refractivity contribution in [1.82, 2.24) is 4.40 Å². The van der Waals surface area contributed by atoms with Crippen LogP contribution in [-0.4, -0.2) is 4.40 Å². The van der Waals surface area contributed by atoms with Crippen molar-refractivity contribution < 1.29 is 0 Å². The Bertz CT molecular complexity index is 3790. The number of fused-ring (bicyclic) bond motifs is 8. The fraction of sp³-hybridized carbons (Fsp3) is 0.0968. The Labute approximate surface area is 377 Å². The quantitative estimate of drug-likeness (QED) is 0.177. The van der Waals surface area contributed by atoms with Crippen LogP contribution in [0.1, 0.15) is 80.3 Å². The molecule has 0 N–H and O–H groups in total. The molecule has 0 fully saturated rings. The minimum absolute atomic E-state index is 0.0358. The van der Waals surface area contributed by atoms with Crippen LogP contribution in [0, 0.1) is 22.7 Å². The summed E-state index contributed by atoms with van der Waals surface area (Å²) in [4.78, 5) is 0. The van der Waals surface area contributed by atoms with Crippen molar-refractivity contribution in [2.75, 3.05) is 0 Å². The zero-order valence-electron chi connectivity index (χ0n) is 35.6. The standard InChI is InChI=1S/C62H39N3/c63-34-41-32-53-57(44-23-11-10-22-43(41)44)51-30-40(55-49(37-18-6-2-7-19-37)28-39(36-16-4-1-5-17-36)29-50(55)38-20-8-3-9-21-38)31-52-60-54(65(53)62(51)52)33-42(35-64)56-58-45-24-12-14-26-47(45)59(61(56)60)48-27-15-13-25-46(48)58/h1-9,12-21,24-33,58-59H,10-11,22-23H2. The van der Waals surface area contributed by atoms with Crippen molar-refractivity contribution in [3.63, 3.8) is 0 Å². The van der Waals surface area contributed by atoms with E-state index in [1.807, 2.05) is 0 Å². The number of aryl methyl sites for hydroxylation is 1. The third-order valence-corrected chi connectivity index (χ3v) is 15.1. The van der Waals surface area contributed by atoms with Crippen LogP contribution in [0.25, 0.3) is 82.6 Å². The molecule has 3 nitrogen and oxygen atoms in total. The van der Waals surface area contributed by atoms with Gasteiger partial charge in [0.05, 0.1) is 39.8 Å². The second-order valence-corrected chi connectivity index (χ2v) is 18.3. The highest BCUT2D eigenvalue weighted by Crippen LogP contribution is 2.60. The first-order valence-electron chi connectivity index (χ1n) is 22.9. The lowest BCUT2D eigenvalue weighted by Gasteiger charge is -2.43. The maximum absolute atomic E-state index is 11.2. The van der Waals surface area contributed by atoms with E-state index in [9.17, 15) is 10.5 Å². The monoisotopic (exact) mass is 825 g/mol. The number of hydrogen-bond donors (Lipinski definition) is 0. The van der Waals surface area contributed by atoms with Gasteiger partial charge in [-0.3, -0.25) is 0 Å². The summed E-state index contributed by atoms with van der Waals surface area (Å²) in [5.74, 6) is -0.0822. The van der Waals surface area contributed by atoms with Gasteiger partial charge in [0.2, 0.25) is 0 Å². The number of nitriles is 2. The zero-order chi connectivity index (χ0) is 42.9. The van der Waals surface area contributed by atoms with Crippen molar-refractivity contribution >= 4 is 38.1 Å². The molecule has 9 aromatic carbocycles. The molecule has 0 aliphatic heterocycles. The van der Waals surface area contributed by atoms with Crippen molar-refractivity contribution in [2.24, 2.45) is 0 Å². The predicted octanol–water partition coefficient (Wildman–Crippen LogP) is 15.1. The molecule has 0 atom stereocenters. The van der Waals surface area contributed by atoms with E-state index in [0.717, 1.165) is 70.1 Å². The molecule has 0 saturated heterocycles. The maximum atomic E-state index is 11.2. The molecule has 0 spiro atoms. The summed E-state index contributed by atoms with van der Waals surface area (Å²) in [7, 11) is 0. The van der Waals surface area contributed by atoms with E-state index in [4.69, 9.17) is 0 Å². The summed E-state index contributed by atoms with van der Waals surface area (Å²) >= 11 is 0. The Morgan fingerprint density at radius 2 is 0.877 bits per heavy atom. The Morgan fingerprint density at radius 3 is 1.43 bits per heavy atom. The predicted molar refractivity (Wildman–Crippen MR) is 264 cm³/mol. The Morgan fingerprint density at radius 1 is 0.415 bits per heavy atom. The van der Waals surface area contributed by atoms with Gasteiger partial charge in [0, 0.05) is 33.4 Å². The summed E-state index contributed by atoms with van der Waals surface area (Å²) in [5.41, 5.74) is 24.3. The van der Waals surface area contributed by atoms with E-state index in [1.165, 1.54) is 93.8 Å². The van der Waals surface area contributed by atoms with Crippen molar-refractivity contribution in [2.45, 2.75) is 37.5 Å². The lowest BCUT2D eigenvalue weighted by atomic mass is 9.59. The minimum Gasteiger partial charge on any atom is -0.308 e. The average molecular weight is 826 g/mol. The number of benzene rings is 9. The molecule has 0 unspecified atom stereocenters. The highest BCUT2D eigenvalue weighted by atomic mass is 14.9. The lowest BCUT2D eigenvalue weighted by Crippen LogP contribution is -2.28. The van der Waals surface area contributed by atoms with Gasteiger partial charge in [-0.25, -0.2) is 0 Å². The molecule has 4 aliphatic rings. The van der Waals surface area contributed by atoms with Crippen molar-refractivity contribution in [1.29, 1.82) is 10.5 Å². The number of nitrogens with zero attached hydrogens (tertiary/aromatic N) is 3. The van der Waals surface area contributed by atoms with Gasteiger partial charge in [0.15, 0.2) is 0 Å². The summed E-state index contributed by atoms with van der Waals surface area (Å²) in [6, 6.07) is 69.8. The van der Waals surface area contributed by atoms with Gasteiger partial charge in [-0.2, -0.15) is 10.5 Å². The molecule has 0 saturated carbocycles. The molecule has 0 amide bonds. The Kier molecular flexibility index (Phi) is 7.60. The molecule has 4 aliphatic carbocycles. The molecule has 2 aromatic heterocycles. The summed E-state index contributed by atoms with van der Waals surface area (Å²) in [6.07, 6.45) is 4.03. The number of rotatable bonds is 4. The van der Waals surface area contributed by atoms with Gasteiger partial charge in [-0.1, -0.05) is 140 Å². The number of hydrogen-bond acceptors (Lipinski definition) is 2. The van der Waals surface area contributed by atoms with E-state index in [2.05, 4.69) is 192 Å². The fourth-order valence-corrected chi connectivity index (χ4v) is 12.6. The molecule has 3 heteroatoms. The number of aromatic nitrogens is 1. The summed E-state index contributed by atoms with van der Waals surface area (Å²) < 4.78 is 2.44. The highest BCUT2D eigenvalue weighted by Gasteiger charge is 2.44. The molecular formula is C62H39N3. The third kappa shape index (κ3) is 4.93. The van der Waals surface area contributed by atoms with Gasteiger partial charge < -0.3 is 4.40 Å². The average Bonchev–Trinajstić information content (AvgIpc) is 3.90. The Balaban J connectivity index is 1.20. The zero-order valence-corrected chi connectivity index (χ0v) is 35.6. The normalized spacial score (nSPS) is 15.7. The van der Waals surface area contributed by atoms with Gasteiger partial charge in [-0.15, -0.1) is 0 Å². The van der Waals surface area contributed by atoms with E-state index >= 15 is 0 Å². The van der Waals surface area contributed by atoms with E-state index in [-0.39, 0.29) is 11.8 Å². The molecule has 11 aromatic rings. The second kappa shape index (κ2) is 13.6. The third-order valence-electron chi connectivity index (χ3n) is 15.1. The first-order chi connectivity index (χ1) is 32.2. The van der Waals surface area contributed by atoms with E-state index in [1.54, 1.807) is 0 Å². The molecule has 65 heavy (non-hydrogen) atoms. The molecule has 2 heterocycles. The lowest BCUT2D eigenvalue weighted by molar-refractivity contribution is 0.689. The van der Waals surface area contributed by atoms with Crippen LogP contribution in [0.2, 0.25) is 0 Å². The fourth-order valence-electron chi connectivity index (χ4n) is 12.6. The summed E-state index contributed by atoms with van der Waals surface area (Å²) in [5, 5.41) is 26.9. The van der Waals surface area contributed by atoms with Crippen molar-refractivity contribution in [3.8, 4) is 56.6 Å². The van der Waals surface area contributed by atoms with Gasteiger partial charge >= 0.3 is 0 Å². The largest absolute Gasteiger partial charge is 0.308 e. The van der Waals surface area contributed by atoms with Gasteiger partial charge in [0.25, 0.3) is 0 Å². The maximum Gasteiger partial charge on any atom is 0.0995 e. The molecule has 2 bridgehead atoms. The minimum atomic E-state index is -0.0464. The SMILES string of the molecule is N#Cc1cc2c(c3c1CCCC3)c1cc(-c3c(-c4ccccc4)cc(-c4ccccc4)cc3-c3ccccc3)cc3c4c5c(c(C#N)cc4n2c13)C1c2ccccc2C5c2ccccc21. The molecule has 302 valence electrons. The second-order valence-electron chi connectivity index (χ2n) is 18.3. The van der Waals surface area contributed by atoms with Crippen LogP contribution >= 0.6 is 0 Å². The van der Waals surface area contributed by atoms with Crippen LogP contribution in [0.5, 0.6) is 0 Å². The van der Waals surface area contributed by atoms with Crippen LogP contribution < -0.4 is 0 Å². The van der Waals surface area contributed by atoms with Gasteiger partial charge in [0.1, 0.15) is 0 Å². The topological polar surface area (TPSA) is 52.0 Å². The molecule has 0 radical (unpaired) electrons. The first kappa shape index (κ1) is 36.3. The first-order valence-corrected chi connectivity index (χ1v) is 22.9. The smallest absolute Gasteiger partial charge is 0.0995 e. The molecule has 15 rings (SSSR count). The van der Waals surface area contributed by atoms with E-state index < -0.39 is 0 Å². The Hall–Kier alpha value is -8.24. The van der Waals surface area contributed by atoms with Crippen LogP contribution in [0.15, 0.2) is 176 Å². The van der Waals surface area contributed by atoms with Crippen LogP contribution in [0.4, 0.5) is 0 Å². The highest BCUT2D eigenvalue weighted by molar-refractivity contribution is 6.27. The summed E-state index contributed by atoms with van der Waals surface area (Å²) in [6.45, 7) is 0. The van der Waals surface area contributed by atoms with Crippen molar-refractivity contribution in [3.05, 3.63) is 232 Å². The van der Waals surface area contributed by atoms with Crippen LogP contribution in [0.3, 0.4) is 0 Å². The van der Waals surface area contributed by atoms with Gasteiger partial charge in [-0.05, 0) is 151 Å².